The highest BCUT2D eigenvalue weighted by Crippen LogP contribution is 2.37. The van der Waals surface area contributed by atoms with Crippen molar-refractivity contribution >= 4 is 0 Å². The molecule has 0 radical (unpaired) electrons. The fourth-order valence-electron chi connectivity index (χ4n) is 4.35. The van der Waals surface area contributed by atoms with E-state index in [4.69, 9.17) is 0 Å². The molecule has 1 fully saturated rings. The average Bonchev–Trinajstić information content (AvgIpc) is 2.62. The lowest BCUT2D eigenvalue weighted by atomic mass is 9.84. The molecule has 0 N–H and O–H groups in total. The van der Waals surface area contributed by atoms with Crippen molar-refractivity contribution in [1.29, 1.82) is 0 Å². The summed E-state index contributed by atoms with van der Waals surface area (Å²) in [7, 11) is 2.24. The predicted octanol–water partition coefficient (Wildman–Crippen LogP) is 4.29. The lowest BCUT2D eigenvalue weighted by Crippen LogP contribution is -2.46. The van der Waals surface area contributed by atoms with Gasteiger partial charge in [0.1, 0.15) is 0 Å². The Kier molecular flexibility index (Phi) is 4.43. The highest BCUT2D eigenvalue weighted by molar-refractivity contribution is 5.68. The van der Waals surface area contributed by atoms with Gasteiger partial charge in [0.05, 0.1) is 0 Å². The minimum absolute atomic E-state index is 0.617. The number of aryl methyl sites for hydroxylation is 2. The van der Waals surface area contributed by atoms with Crippen molar-refractivity contribution in [3.05, 3.63) is 59.2 Å². The molecular weight excluding hydrogens is 292 g/mol. The van der Waals surface area contributed by atoms with Crippen molar-refractivity contribution in [1.82, 2.24) is 9.80 Å². The number of fused-ring (bicyclic) bond motifs is 1. The van der Waals surface area contributed by atoms with E-state index in [-0.39, 0.29) is 0 Å². The third-order valence-corrected chi connectivity index (χ3v) is 5.86. The summed E-state index contributed by atoms with van der Waals surface area (Å²) in [5.41, 5.74) is 7.29. The van der Waals surface area contributed by atoms with Crippen LogP contribution in [0.4, 0.5) is 0 Å². The van der Waals surface area contributed by atoms with E-state index in [1.165, 1.54) is 62.1 Å². The van der Waals surface area contributed by atoms with Gasteiger partial charge in [-0.1, -0.05) is 36.4 Å². The van der Waals surface area contributed by atoms with Gasteiger partial charge in [-0.2, -0.15) is 0 Å². The van der Waals surface area contributed by atoms with Crippen LogP contribution >= 0.6 is 0 Å². The zero-order valence-corrected chi connectivity index (χ0v) is 15.0. The summed E-state index contributed by atoms with van der Waals surface area (Å²) in [6.45, 7) is 7.02. The number of nitrogens with zero attached hydrogens (tertiary/aromatic N) is 2. The molecule has 2 aromatic carbocycles. The van der Waals surface area contributed by atoms with Crippen molar-refractivity contribution in [3.63, 3.8) is 0 Å². The predicted molar refractivity (Wildman–Crippen MR) is 101 cm³/mol. The molecule has 2 heteroatoms. The topological polar surface area (TPSA) is 6.48 Å². The van der Waals surface area contributed by atoms with E-state index < -0.39 is 0 Å². The van der Waals surface area contributed by atoms with E-state index in [1.807, 2.05) is 0 Å². The maximum absolute atomic E-state index is 2.72. The summed E-state index contributed by atoms with van der Waals surface area (Å²) in [4.78, 5) is 5.17. The van der Waals surface area contributed by atoms with Crippen LogP contribution < -0.4 is 0 Å². The van der Waals surface area contributed by atoms with Gasteiger partial charge in [0.2, 0.25) is 0 Å². The lowest BCUT2D eigenvalue weighted by Gasteiger charge is -2.40. The molecule has 1 saturated heterocycles. The molecule has 0 aromatic heterocycles. The van der Waals surface area contributed by atoms with Crippen LogP contribution in [0.15, 0.2) is 42.5 Å². The van der Waals surface area contributed by atoms with Gasteiger partial charge in [0, 0.05) is 32.2 Å². The van der Waals surface area contributed by atoms with Crippen molar-refractivity contribution in [3.8, 4) is 11.1 Å². The standard InChI is InChI=1S/C22H28N2/c1-17-6-3-4-8-20(17)19-11-10-18-7-5-9-22(21(18)16-19)24-14-12-23(2)13-15-24/h3-4,6,8,10-11,16,22H,5,7,9,12-15H2,1-2H3. The summed E-state index contributed by atoms with van der Waals surface area (Å²) in [5.74, 6) is 0. The summed E-state index contributed by atoms with van der Waals surface area (Å²) in [6.07, 6.45) is 3.88. The molecule has 1 unspecified atom stereocenters. The van der Waals surface area contributed by atoms with E-state index in [9.17, 15) is 0 Å². The smallest absolute Gasteiger partial charge is 0.0352 e. The zero-order valence-electron chi connectivity index (χ0n) is 15.0. The molecule has 2 nitrogen and oxygen atoms in total. The third kappa shape index (κ3) is 3.01. The number of hydrogen-bond donors (Lipinski definition) is 0. The third-order valence-electron chi connectivity index (χ3n) is 5.86. The molecule has 2 aliphatic rings. The van der Waals surface area contributed by atoms with E-state index in [0.717, 1.165) is 0 Å². The van der Waals surface area contributed by atoms with Crippen LogP contribution in [0.3, 0.4) is 0 Å². The van der Waals surface area contributed by atoms with Crippen molar-refractivity contribution < 1.29 is 0 Å². The average molecular weight is 320 g/mol. The molecule has 1 aliphatic heterocycles. The Morgan fingerprint density at radius 3 is 2.54 bits per heavy atom. The van der Waals surface area contributed by atoms with Gasteiger partial charge in [-0.3, -0.25) is 4.90 Å². The van der Waals surface area contributed by atoms with Crippen LogP contribution in [-0.2, 0) is 6.42 Å². The molecule has 0 bridgehead atoms. The van der Waals surface area contributed by atoms with Gasteiger partial charge in [0.25, 0.3) is 0 Å². The van der Waals surface area contributed by atoms with Crippen LogP contribution in [0.5, 0.6) is 0 Å². The zero-order chi connectivity index (χ0) is 16.5. The molecule has 0 amide bonds. The first-order valence-electron chi connectivity index (χ1n) is 9.34. The normalized spacial score (nSPS) is 22.3. The molecule has 24 heavy (non-hydrogen) atoms. The first-order valence-corrected chi connectivity index (χ1v) is 9.34. The quantitative estimate of drug-likeness (QED) is 0.814. The summed E-state index contributed by atoms with van der Waals surface area (Å²) in [5, 5.41) is 0. The van der Waals surface area contributed by atoms with Crippen molar-refractivity contribution in [2.24, 2.45) is 0 Å². The van der Waals surface area contributed by atoms with E-state index in [0.29, 0.717) is 6.04 Å². The Morgan fingerprint density at radius 1 is 0.958 bits per heavy atom. The number of rotatable bonds is 2. The summed E-state index contributed by atoms with van der Waals surface area (Å²) < 4.78 is 0. The molecule has 1 heterocycles. The van der Waals surface area contributed by atoms with Gasteiger partial charge in [-0.25, -0.2) is 0 Å². The highest BCUT2D eigenvalue weighted by Gasteiger charge is 2.28. The second-order valence-corrected chi connectivity index (χ2v) is 7.48. The molecule has 126 valence electrons. The molecule has 0 saturated carbocycles. The second-order valence-electron chi connectivity index (χ2n) is 7.48. The SMILES string of the molecule is Cc1ccccc1-c1ccc2c(c1)C(N1CCN(C)CC1)CCC2. The van der Waals surface area contributed by atoms with E-state index in [2.05, 4.69) is 66.2 Å². The summed E-state index contributed by atoms with van der Waals surface area (Å²) in [6, 6.07) is 16.6. The first kappa shape index (κ1) is 15.9. The molecule has 4 rings (SSSR count). The Labute approximate surface area is 146 Å². The van der Waals surface area contributed by atoms with Gasteiger partial charge < -0.3 is 4.90 Å². The van der Waals surface area contributed by atoms with Crippen LogP contribution in [-0.4, -0.2) is 43.0 Å². The number of likely N-dealkylation sites (N-methyl/N-ethyl adjacent to an activating group) is 1. The monoisotopic (exact) mass is 320 g/mol. The number of hydrogen-bond acceptors (Lipinski definition) is 2. The molecule has 0 spiro atoms. The van der Waals surface area contributed by atoms with Crippen LogP contribution in [0.25, 0.3) is 11.1 Å². The lowest BCUT2D eigenvalue weighted by molar-refractivity contribution is 0.102. The van der Waals surface area contributed by atoms with Gasteiger partial charge >= 0.3 is 0 Å². The molecule has 1 atom stereocenters. The summed E-state index contributed by atoms with van der Waals surface area (Å²) >= 11 is 0. The maximum atomic E-state index is 2.72. The van der Waals surface area contributed by atoms with E-state index >= 15 is 0 Å². The number of benzene rings is 2. The highest BCUT2D eigenvalue weighted by atomic mass is 15.3. The minimum Gasteiger partial charge on any atom is -0.304 e. The minimum atomic E-state index is 0.617. The second kappa shape index (κ2) is 6.70. The largest absolute Gasteiger partial charge is 0.304 e. The molecule has 1 aliphatic carbocycles. The Morgan fingerprint density at radius 2 is 1.75 bits per heavy atom. The van der Waals surface area contributed by atoms with Crippen LogP contribution in [0.2, 0.25) is 0 Å². The van der Waals surface area contributed by atoms with Crippen molar-refractivity contribution in [2.75, 3.05) is 33.2 Å². The van der Waals surface area contributed by atoms with Crippen LogP contribution in [0.1, 0.15) is 35.6 Å². The van der Waals surface area contributed by atoms with Crippen molar-refractivity contribution in [2.45, 2.75) is 32.2 Å². The van der Waals surface area contributed by atoms with Gasteiger partial charge in [0.15, 0.2) is 0 Å². The number of piperazine rings is 1. The van der Waals surface area contributed by atoms with Gasteiger partial charge in [-0.05, 0) is 67.1 Å². The molecular formula is C22H28N2. The fraction of sp³-hybridized carbons (Fsp3) is 0.455. The Balaban J connectivity index is 1.68. The Bertz CT molecular complexity index is 714. The van der Waals surface area contributed by atoms with Crippen LogP contribution in [0, 0.1) is 6.92 Å². The Hall–Kier alpha value is -1.64. The van der Waals surface area contributed by atoms with E-state index in [1.54, 1.807) is 11.1 Å². The van der Waals surface area contributed by atoms with Gasteiger partial charge in [-0.15, -0.1) is 0 Å². The fourth-order valence-corrected chi connectivity index (χ4v) is 4.35. The first-order chi connectivity index (χ1) is 11.7. The molecule has 2 aromatic rings. The maximum Gasteiger partial charge on any atom is 0.0352 e.